The molecule has 0 saturated heterocycles. The third kappa shape index (κ3) is 6.69. The second kappa shape index (κ2) is 8.10. The minimum absolute atomic E-state index is 0.00606. The van der Waals surface area contributed by atoms with Gasteiger partial charge in [0.05, 0.1) is 11.9 Å². The minimum atomic E-state index is -4.06. The van der Waals surface area contributed by atoms with Gasteiger partial charge in [0, 0.05) is 25.6 Å². The number of hydrogen-bond acceptors (Lipinski definition) is 3. The van der Waals surface area contributed by atoms with Crippen molar-refractivity contribution in [1.82, 2.24) is 4.98 Å². The van der Waals surface area contributed by atoms with Gasteiger partial charge in [0.15, 0.2) is 0 Å². The fraction of sp³-hybridized carbons (Fsp3) is 0.667. The summed E-state index contributed by atoms with van der Waals surface area (Å²) in [6, 6.07) is 3.84. The summed E-state index contributed by atoms with van der Waals surface area (Å²) in [4.78, 5) is 6.51. The van der Waals surface area contributed by atoms with Gasteiger partial charge in [-0.2, -0.15) is 13.2 Å². The maximum Gasteiger partial charge on any atom is 0.389 e. The van der Waals surface area contributed by atoms with E-state index >= 15 is 0 Å². The monoisotopic (exact) mass is 303 g/mol. The number of rotatable bonds is 8. The van der Waals surface area contributed by atoms with Gasteiger partial charge in [0.25, 0.3) is 0 Å². The molecule has 0 spiro atoms. The van der Waals surface area contributed by atoms with Gasteiger partial charge in [-0.05, 0) is 45.7 Å². The summed E-state index contributed by atoms with van der Waals surface area (Å²) in [7, 11) is 0. The fourth-order valence-corrected chi connectivity index (χ4v) is 2.17. The topological polar surface area (TPSA) is 28.2 Å². The minimum Gasteiger partial charge on any atom is -0.381 e. The highest BCUT2D eigenvalue weighted by molar-refractivity contribution is 5.48. The second-order valence-corrected chi connectivity index (χ2v) is 5.13. The van der Waals surface area contributed by atoms with E-state index in [9.17, 15) is 13.2 Å². The lowest BCUT2D eigenvalue weighted by atomic mass is 10.1. The van der Waals surface area contributed by atoms with Gasteiger partial charge in [-0.3, -0.25) is 0 Å². The first-order valence-corrected chi connectivity index (χ1v) is 7.40. The molecule has 1 unspecified atom stereocenters. The number of nitrogens with one attached hydrogen (secondary N) is 1. The van der Waals surface area contributed by atoms with Gasteiger partial charge in [0.2, 0.25) is 0 Å². The molecule has 120 valence electrons. The Labute approximate surface area is 124 Å². The molecule has 0 amide bonds. The van der Waals surface area contributed by atoms with Gasteiger partial charge in [-0.1, -0.05) is 0 Å². The van der Waals surface area contributed by atoms with Crippen molar-refractivity contribution in [3.05, 3.63) is 18.3 Å². The summed E-state index contributed by atoms with van der Waals surface area (Å²) in [5.74, 6) is 0.912. The smallest absolute Gasteiger partial charge is 0.381 e. The number of pyridine rings is 1. The van der Waals surface area contributed by atoms with Gasteiger partial charge in [0.1, 0.15) is 5.82 Å². The molecule has 0 saturated carbocycles. The van der Waals surface area contributed by atoms with E-state index in [1.165, 1.54) is 0 Å². The largest absolute Gasteiger partial charge is 0.389 e. The van der Waals surface area contributed by atoms with Crippen LogP contribution in [0.3, 0.4) is 0 Å². The Bertz CT molecular complexity index is 400. The molecule has 1 aromatic heterocycles. The van der Waals surface area contributed by atoms with Crippen molar-refractivity contribution in [3.8, 4) is 0 Å². The van der Waals surface area contributed by atoms with Crippen LogP contribution < -0.4 is 10.2 Å². The molecule has 6 heteroatoms. The highest BCUT2D eigenvalue weighted by Gasteiger charge is 2.26. The van der Waals surface area contributed by atoms with Crippen LogP contribution in [0.2, 0.25) is 0 Å². The first-order valence-electron chi connectivity index (χ1n) is 7.40. The van der Waals surface area contributed by atoms with Gasteiger partial charge in [-0.15, -0.1) is 0 Å². The summed E-state index contributed by atoms with van der Waals surface area (Å²) in [5.41, 5.74) is 0.838. The Morgan fingerprint density at radius 2 is 1.90 bits per heavy atom. The lowest BCUT2D eigenvalue weighted by Crippen LogP contribution is -2.23. The number of nitrogens with zero attached hydrogens (tertiary/aromatic N) is 2. The quantitative estimate of drug-likeness (QED) is 0.768. The molecule has 0 bridgehead atoms. The van der Waals surface area contributed by atoms with E-state index in [0.29, 0.717) is 6.42 Å². The lowest BCUT2D eigenvalue weighted by molar-refractivity contribution is -0.135. The van der Waals surface area contributed by atoms with Crippen LogP contribution in [0.15, 0.2) is 18.3 Å². The summed E-state index contributed by atoms with van der Waals surface area (Å²) in [6.07, 6.45) is -2.43. The number of hydrogen-bond donors (Lipinski definition) is 1. The molecular weight excluding hydrogens is 279 g/mol. The van der Waals surface area contributed by atoms with Crippen LogP contribution in [-0.2, 0) is 0 Å². The molecule has 1 heterocycles. The molecule has 1 rings (SSSR count). The number of halogens is 3. The van der Waals surface area contributed by atoms with E-state index in [4.69, 9.17) is 0 Å². The van der Waals surface area contributed by atoms with Crippen molar-refractivity contribution in [2.24, 2.45) is 0 Å². The van der Waals surface area contributed by atoms with Crippen molar-refractivity contribution >= 4 is 11.5 Å². The molecule has 0 fully saturated rings. The molecule has 1 N–H and O–H groups in total. The fourth-order valence-electron chi connectivity index (χ4n) is 2.17. The predicted octanol–water partition coefficient (Wildman–Crippen LogP) is 4.46. The molecule has 0 aromatic carbocycles. The van der Waals surface area contributed by atoms with E-state index < -0.39 is 12.6 Å². The van der Waals surface area contributed by atoms with Crippen molar-refractivity contribution in [3.63, 3.8) is 0 Å². The molecule has 0 aliphatic heterocycles. The highest BCUT2D eigenvalue weighted by Crippen LogP contribution is 2.23. The Morgan fingerprint density at radius 3 is 2.38 bits per heavy atom. The van der Waals surface area contributed by atoms with Crippen LogP contribution in [0.4, 0.5) is 24.7 Å². The predicted molar refractivity (Wildman–Crippen MR) is 80.8 cm³/mol. The first kappa shape index (κ1) is 17.6. The van der Waals surface area contributed by atoms with Crippen LogP contribution in [0, 0.1) is 0 Å². The van der Waals surface area contributed by atoms with Gasteiger partial charge < -0.3 is 10.2 Å². The summed E-state index contributed by atoms with van der Waals surface area (Å²) in [6.45, 7) is 7.81. The van der Waals surface area contributed by atoms with E-state index in [1.807, 2.05) is 19.1 Å². The maximum absolute atomic E-state index is 12.1. The molecule has 21 heavy (non-hydrogen) atoms. The van der Waals surface area contributed by atoms with Gasteiger partial charge in [-0.25, -0.2) is 4.98 Å². The van der Waals surface area contributed by atoms with E-state index in [1.54, 1.807) is 6.20 Å². The van der Waals surface area contributed by atoms with E-state index in [-0.39, 0.29) is 12.5 Å². The van der Waals surface area contributed by atoms with Crippen LogP contribution in [0.5, 0.6) is 0 Å². The molecule has 0 aliphatic carbocycles. The second-order valence-electron chi connectivity index (χ2n) is 5.13. The Morgan fingerprint density at radius 1 is 1.24 bits per heavy atom. The number of anilines is 2. The molecular formula is C15H24F3N3. The van der Waals surface area contributed by atoms with Crippen LogP contribution in [0.1, 0.15) is 40.0 Å². The molecule has 0 radical (unpaired) electrons. The number of aromatic nitrogens is 1. The molecule has 1 atom stereocenters. The Hall–Kier alpha value is -1.46. The maximum atomic E-state index is 12.1. The van der Waals surface area contributed by atoms with Crippen LogP contribution >= 0.6 is 0 Å². The molecule has 1 aromatic rings. The SMILES string of the molecule is CCN(CC)c1ccc(NC(C)CCCC(F)(F)F)cn1. The van der Waals surface area contributed by atoms with Crippen LogP contribution in [0.25, 0.3) is 0 Å². The third-order valence-corrected chi connectivity index (χ3v) is 3.35. The van der Waals surface area contributed by atoms with Crippen molar-refractivity contribution in [2.75, 3.05) is 23.3 Å². The van der Waals surface area contributed by atoms with E-state index in [2.05, 4.69) is 29.0 Å². The molecule has 3 nitrogen and oxygen atoms in total. The average Bonchev–Trinajstić information content (AvgIpc) is 2.40. The number of alkyl halides is 3. The van der Waals surface area contributed by atoms with Crippen molar-refractivity contribution in [2.45, 2.75) is 52.3 Å². The Balaban J connectivity index is 2.44. The van der Waals surface area contributed by atoms with E-state index in [0.717, 1.165) is 24.6 Å². The lowest BCUT2D eigenvalue weighted by Gasteiger charge is -2.20. The third-order valence-electron chi connectivity index (χ3n) is 3.35. The average molecular weight is 303 g/mol. The van der Waals surface area contributed by atoms with Crippen LogP contribution in [-0.4, -0.2) is 30.3 Å². The standard InChI is InChI=1S/C15H24F3N3/c1-4-21(5-2)14-9-8-13(11-19-14)20-12(3)7-6-10-15(16,17)18/h8-9,11-12,20H,4-7,10H2,1-3H3. The first-order chi connectivity index (χ1) is 9.85. The summed E-state index contributed by atoms with van der Waals surface area (Å²) >= 11 is 0. The zero-order valence-corrected chi connectivity index (χ0v) is 12.9. The highest BCUT2D eigenvalue weighted by atomic mass is 19.4. The summed E-state index contributed by atoms with van der Waals surface area (Å²) < 4.78 is 36.3. The van der Waals surface area contributed by atoms with Gasteiger partial charge >= 0.3 is 6.18 Å². The van der Waals surface area contributed by atoms with Crippen molar-refractivity contribution in [1.29, 1.82) is 0 Å². The summed E-state index contributed by atoms with van der Waals surface area (Å²) in [5, 5.41) is 3.18. The Kier molecular flexibility index (Phi) is 6.78. The zero-order chi connectivity index (χ0) is 15.9. The molecule has 0 aliphatic rings. The zero-order valence-electron chi connectivity index (χ0n) is 12.9. The normalized spacial score (nSPS) is 13.0. The van der Waals surface area contributed by atoms with Crippen molar-refractivity contribution < 1.29 is 13.2 Å².